The maximum Gasteiger partial charge on any atom is 0.416 e. The van der Waals surface area contributed by atoms with Crippen molar-refractivity contribution in [1.82, 2.24) is 19.5 Å². The number of H-pyrrole nitrogens is 1. The van der Waals surface area contributed by atoms with Crippen LogP contribution in [0, 0.1) is 0 Å². The van der Waals surface area contributed by atoms with Gasteiger partial charge in [-0.2, -0.15) is 18.2 Å². The third-order valence-corrected chi connectivity index (χ3v) is 5.37. The number of benzene rings is 1. The van der Waals surface area contributed by atoms with Gasteiger partial charge in [0.25, 0.3) is 0 Å². The fraction of sp³-hybridized carbons (Fsp3) is 0.421. The molecule has 1 aromatic carbocycles. The lowest BCUT2D eigenvalue weighted by Crippen LogP contribution is -2.32. The molecule has 7 nitrogen and oxygen atoms in total. The lowest BCUT2D eigenvalue weighted by molar-refractivity contribution is -0.137. The number of aromatic nitrogens is 4. The van der Waals surface area contributed by atoms with Gasteiger partial charge in [0.2, 0.25) is 0 Å². The molecular formula is C19H20F3N5O2. The van der Waals surface area contributed by atoms with Crippen LogP contribution in [0.3, 0.4) is 0 Å². The van der Waals surface area contributed by atoms with Gasteiger partial charge in [-0.1, -0.05) is 0 Å². The van der Waals surface area contributed by atoms with E-state index in [0.717, 1.165) is 18.6 Å². The predicted molar refractivity (Wildman–Crippen MR) is 101 cm³/mol. The summed E-state index contributed by atoms with van der Waals surface area (Å²) in [6, 6.07) is 2.85. The van der Waals surface area contributed by atoms with E-state index in [1.165, 1.54) is 23.2 Å². The zero-order valence-corrected chi connectivity index (χ0v) is 15.9. The molecule has 1 saturated heterocycles. The Kier molecular flexibility index (Phi) is 4.81. The van der Waals surface area contributed by atoms with E-state index in [1.807, 2.05) is 4.90 Å². The molecule has 0 aliphatic carbocycles. The predicted octanol–water partition coefficient (Wildman–Crippen LogP) is 2.97. The lowest BCUT2D eigenvalue weighted by atomic mass is 10.1. The van der Waals surface area contributed by atoms with Crippen LogP contribution in [-0.2, 0) is 10.9 Å². The van der Waals surface area contributed by atoms with E-state index in [4.69, 9.17) is 4.74 Å². The van der Waals surface area contributed by atoms with Crippen molar-refractivity contribution in [1.29, 1.82) is 0 Å². The van der Waals surface area contributed by atoms with Crippen LogP contribution >= 0.6 is 0 Å². The zero-order chi connectivity index (χ0) is 20.8. The second-order valence-electron chi connectivity index (χ2n) is 7.09. The molecule has 0 amide bonds. The number of hydrogen-bond acceptors (Lipinski definition) is 5. The molecule has 2 atom stereocenters. The normalized spacial score (nSPS) is 18.5. The summed E-state index contributed by atoms with van der Waals surface area (Å²) >= 11 is 0. The maximum atomic E-state index is 13.4. The number of nitrogens with one attached hydrogen (secondary N) is 1. The topological polar surface area (TPSA) is 76.0 Å². The first-order valence-electron chi connectivity index (χ1n) is 9.19. The molecule has 4 rings (SSSR count). The van der Waals surface area contributed by atoms with Gasteiger partial charge in [-0.15, -0.1) is 0 Å². The van der Waals surface area contributed by atoms with Gasteiger partial charge in [0, 0.05) is 25.6 Å². The minimum atomic E-state index is -4.52. The third-order valence-electron chi connectivity index (χ3n) is 5.37. The van der Waals surface area contributed by atoms with E-state index in [1.54, 1.807) is 14.0 Å². The van der Waals surface area contributed by atoms with Gasteiger partial charge in [-0.3, -0.25) is 4.57 Å². The first kappa shape index (κ1) is 19.4. The van der Waals surface area contributed by atoms with Gasteiger partial charge in [0.15, 0.2) is 0 Å². The van der Waals surface area contributed by atoms with Gasteiger partial charge in [-0.25, -0.2) is 9.78 Å². The first-order valence-corrected chi connectivity index (χ1v) is 9.19. The highest BCUT2D eigenvalue weighted by atomic mass is 19.4. The fourth-order valence-electron chi connectivity index (χ4n) is 3.77. The molecule has 0 radical (unpaired) electrons. The van der Waals surface area contributed by atoms with E-state index in [0.29, 0.717) is 30.0 Å². The number of nitrogens with zero attached hydrogens (tertiary/aromatic N) is 4. The van der Waals surface area contributed by atoms with Crippen LogP contribution in [0.1, 0.15) is 30.6 Å². The van der Waals surface area contributed by atoms with Crippen molar-refractivity contribution in [2.75, 3.05) is 25.1 Å². The average Bonchev–Trinajstić information content (AvgIpc) is 3.37. The third kappa shape index (κ3) is 3.48. The Morgan fingerprint density at radius 1 is 1.34 bits per heavy atom. The van der Waals surface area contributed by atoms with E-state index in [-0.39, 0.29) is 11.6 Å². The smallest absolute Gasteiger partial charge is 0.380 e. The van der Waals surface area contributed by atoms with Crippen molar-refractivity contribution in [2.24, 2.45) is 0 Å². The van der Waals surface area contributed by atoms with Crippen LogP contribution in [-0.4, -0.2) is 45.8 Å². The molecule has 1 N–H and O–H groups in total. The molecule has 29 heavy (non-hydrogen) atoms. The monoisotopic (exact) mass is 407 g/mol. The highest BCUT2D eigenvalue weighted by Crippen LogP contribution is 2.35. The summed E-state index contributed by atoms with van der Waals surface area (Å²) in [4.78, 5) is 25.9. The lowest BCUT2D eigenvalue weighted by Gasteiger charge is -2.23. The average molecular weight is 407 g/mol. The number of imidazole rings is 1. The molecule has 154 valence electrons. The molecule has 1 fully saturated rings. The number of halogens is 3. The molecule has 0 spiro atoms. The Labute approximate surface area is 164 Å². The summed E-state index contributed by atoms with van der Waals surface area (Å²) < 4.78 is 46.8. The van der Waals surface area contributed by atoms with Crippen molar-refractivity contribution in [3.63, 3.8) is 0 Å². The largest absolute Gasteiger partial charge is 0.416 e. The molecule has 0 unspecified atom stereocenters. The van der Waals surface area contributed by atoms with Crippen molar-refractivity contribution in [2.45, 2.75) is 31.7 Å². The quantitative estimate of drug-likeness (QED) is 0.720. The van der Waals surface area contributed by atoms with Gasteiger partial charge in [0.05, 0.1) is 41.4 Å². The molecular weight excluding hydrogens is 387 g/mol. The zero-order valence-electron chi connectivity index (χ0n) is 15.9. The molecule has 2 aromatic heterocycles. The van der Waals surface area contributed by atoms with Crippen LogP contribution in [0.4, 0.5) is 19.0 Å². The Balaban J connectivity index is 1.94. The van der Waals surface area contributed by atoms with Crippen LogP contribution < -0.4 is 10.6 Å². The minimum absolute atomic E-state index is 0.00681. The molecule has 0 bridgehead atoms. The molecule has 0 saturated carbocycles. The number of methoxy groups -OCH3 is 1. The number of anilines is 1. The number of aromatic amines is 1. The summed E-state index contributed by atoms with van der Waals surface area (Å²) in [5.41, 5.74) is -0.656. The van der Waals surface area contributed by atoms with Crippen molar-refractivity contribution in [3.8, 4) is 0 Å². The maximum absolute atomic E-state index is 13.4. The molecule has 3 aromatic rings. The second kappa shape index (κ2) is 7.18. The Bertz CT molecular complexity index is 1080. The highest BCUT2D eigenvalue weighted by molar-refractivity contribution is 5.90. The van der Waals surface area contributed by atoms with Gasteiger partial charge in [-0.05, 0) is 31.5 Å². The van der Waals surface area contributed by atoms with E-state index < -0.39 is 23.5 Å². The molecule has 1 aliphatic heterocycles. The van der Waals surface area contributed by atoms with Crippen molar-refractivity contribution in [3.05, 3.63) is 52.5 Å². The molecule has 10 heteroatoms. The van der Waals surface area contributed by atoms with Crippen molar-refractivity contribution < 1.29 is 17.9 Å². The summed E-state index contributed by atoms with van der Waals surface area (Å²) in [7, 11) is 1.61. The summed E-state index contributed by atoms with van der Waals surface area (Å²) in [6.45, 7) is 2.85. The number of fused-ring (bicyclic) bond motifs is 1. The fourth-order valence-corrected chi connectivity index (χ4v) is 3.77. The van der Waals surface area contributed by atoms with Crippen LogP contribution in [0.2, 0.25) is 0 Å². The highest BCUT2D eigenvalue weighted by Gasteiger charge is 2.32. The first-order chi connectivity index (χ1) is 13.8. The molecule has 3 heterocycles. The Morgan fingerprint density at radius 3 is 2.76 bits per heavy atom. The number of alkyl halides is 3. The summed E-state index contributed by atoms with van der Waals surface area (Å²) in [6.07, 6.45) is -0.781. The Morgan fingerprint density at radius 2 is 2.14 bits per heavy atom. The van der Waals surface area contributed by atoms with E-state index in [2.05, 4.69) is 15.0 Å². The Hall–Kier alpha value is -2.88. The number of rotatable bonds is 4. The van der Waals surface area contributed by atoms with E-state index >= 15 is 0 Å². The standard InChI is InChI=1S/C19H20F3N5O2/c1-11(15-8-23-10-24-15)27-16-7-12(19(20,21)22)3-4-14(16)17(25-18(27)28)26-6-5-13(9-26)29-2/h3-4,7-8,10-11,13H,5-6,9H2,1-2H3,(H,23,24)/t11-,13-/m0/s1. The SMILES string of the molecule is CO[C@H]1CCN(c2nc(=O)n([C@@H](C)c3cnc[nH]3)c3cc(C(F)(F)F)ccc23)C1. The van der Waals surface area contributed by atoms with Crippen LogP contribution in [0.25, 0.3) is 10.9 Å². The van der Waals surface area contributed by atoms with Crippen LogP contribution in [0.5, 0.6) is 0 Å². The van der Waals surface area contributed by atoms with Crippen molar-refractivity contribution >= 4 is 16.7 Å². The summed E-state index contributed by atoms with van der Waals surface area (Å²) in [5.74, 6) is 0.381. The van der Waals surface area contributed by atoms with Gasteiger partial charge >= 0.3 is 11.9 Å². The second-order valence-corrected chi connectivity index (χ2v) is 7.09. The van der Waals surface area contributed by atoms with E-state index in [9.17, 15) is 18.0 Å². The van der Waals surface area contributed by atoms with Gasteiger partial charge < -0.3 is 14.6 Å². The number of ether oxygens (including phenoxy) is 1. The minimum Gasteiger partial charge on any atom is -0.380 e. The summed E-state index contributed by atoms with van der Waals surface area (Å²) in [5, 5.41) is 0.487. The van der Waals surface area contributed by atoms with Crippen LogP contribution in [0.15, 0.2) is 35.5 Å². The molecule has 1 aliphatic rings. The number of hydrogen-bond donors (Lipinski definition) is 1. The van der Waals surface area contributed by atoms with Gasteiger partial charge in [0.1, 0.15) is 5.82 Å².